The Balaban J connectivity index is 1.82. The van der Waals surface area contributed by atoms with Crippen LogP contribution >= 0.6 is 0 Å². The van der Waals surface area contributed by atoms with E-state index in [0.717, 1.165) is 55.3 Å². The number of piperidine rings is 1. The van der Waals surface area contributed by atoms with Crippen LogP contribution in [0.1, 0.15) is 43.9 Å². The Labute approximate surface area is 172 Å². The monoisotopic (exact) mass is 394 g/mol. The van der Waals surface area contributed by atoms with Crippen molar-refractivity contribution in [2.45, 2.75) is 38.8 Å². The first-order chi connectivity index (χ1) is 14.0. The second-order valence-corrected chi connectivity index (χ2v) is 7.43. The van der Waals surface area contributed by atoms with Crippen LogP contribution in [0.3, 0.4) is 0 Å². The van der Waals surface area contributed by atoms with Gasteiger partial charge in [-0.2, -0.15) is 0 Å². The molecule has 3 rings (SSSR count). The number of carbonyl (C=O) groups is 1. The molecule has 1 aromatic heterocycles. The molecule has 2 fully saturated rings. The first-order valence-electron chi connectivity index (χ1n) is 10.1. The number of rotatable bonds is 7. The predicted molar refractivity (Wildman–Crippen MR) is 118 cm³/mol. The molecule has 1 N–H and O–H groups in total. The number of likely N-dealkylation sites (tertiary alicyclic amines) is 1. The number of hydrogen-bond donors (Lipinski definition) is 1. The number of allylic oxidation sites excluding steroid dienone is 6. The summed E-state index contributed by atoms with van der Waals surface area (Å²) in [6.45, 7) is 15.2. The van der Waals surface area contributed by atoms with Crippen molar-refractivity contribution < 1.29 is 9.53 Å². The van der Waals surface area contributed by atoms with Gasteiger partial charge in [0.15, 0.2) is 0 Å². The second kappa shape index (κ2) is 9.09. The molecule has 1 aromatic rings. The van der Waals surface area contributed by atoms with E-state index >= 15 is 0 Å². The van der Waals surface area contributed by atoms with E-state index in [9.17, 15) is 4.79 Å². The summed E-state index contributed by atoms with van der Waals surface area (Å²) in [5, 5.41) is 2.79. The summed E-state index contributed by atoms with van der Waals surface area (Å²) >= 11 is 0. The zero-order valence-corrected chi connectivity index (χ0v) is 17.4. The maximum absolute atomic E-state index is 11.5. The maximum atomic E-state index is 11.5. The Morgan fingerprint density at radius 2 is 2.03 bits per heavy atom. The molecule has 0 unspecified atom stereocenters. The summed E-state index contributed by atoms with van der Waals surface area (Å²) in [5.74, 6) is 0.843. The smallest absolute Gasteiger partial charge is 0.407 e. The molecule has 2 aliphatic heterocycles. The fourth-order valence-electron chi connectivity index (χ4n) is 3.84. The van der Waals surface area contributed by atoms with Crippen molar-refractivity contribution >= 4 is 23.9 Å². The molecule has 0 aromatic carbocycles. The molecule has 1 amide bonds. The third-order valence-electron chi connectivity index (χ3n) is 5.45. The largest absolute Gasteiger partial charge is 0.441 e. The number of carbonyl (C=O) groups excluding carboxylic acids is 1. The van der Waals surface area contributed by atoms with Gasteiger partial charge in [-0.05, 0) is 25.5 Å². The number of hydrogen-bond acceptors (Lipinski definition) is 4. The molecule has 3 heterocycles. The van der Waals surface area contributed by atoms with Gasteiger partial charge in [-0.25, -0.2) is 9.78 Å². The van der Waals surface area contributed by atoms with Crippen molar-refractivity contribution in [2.75, 3.05) is 19.6 Å². The van der Waals surface area contributed by atoms with Crippen molar-refractivity contribution in [1.29, 1.82) is 0 Å². The van der Waals surface area contributed by atoms with Gasteiger partial charge in [0.25, 0.3) is 0 Å². The third-order valence-corrected chi connectivity index (χ3v) is 5.45. The lowest BCUT2D eigenvalue weighted by molar-refractivity contribution is -0.00136. The molecule has 0 aliphatic carbocycles. The molecule has 29 heavy (non-hydrogen) atoms. The van der Waals surface area contributed by atoms with Crippen molar-refractivity contribution in [1.82, 2.24) is 19.8 Å². The minimum absolute atomic E-state index is 0.300. The first-order valence-corrected chi connectivity index (χ1v) is 10.1. The standard InChI is InChI=1S/C23H30N4O2/c1-5-8-9-11-18(4)21-19(27(7-3)20(25-21)10-6-2)16-26-14-12-23(13-15-26)17-24-22(28)29-23/h5-11H,3-4,12-17H2,1-2H3,(H,24,28)/b8-5-,10-6-,11-9-. The van der Waals surface area contributed by atoms with E-state index < -0.39 is 0 Å². The lowest BCUT2D eigenvalue weighted by Gasteiger charge is -2.37. The van der Waals surface area contributed by atoms with Crippen LogP contribution in [0.2, 0.25) is 0 Å². The van der Waals surface area contributed by atoms with Gasteiger partial charge >= 0.3 is 6.09 Å². The summed E-state index contributed by atoms with van der Waals surface area (Å²) in [4.78, 5) is 18.7. The molecule has 2 saturated heterocycles. The summed E-state index contributed by atoms with van der Waals surface area (Å²) in [6.07, 6.45) is 15.0. The summed E-state index contributed by atoms with van der Waals surface area (Å²) in [7, 11) is 0. The fourth-order valence-corrected chi connectivity index (χ4v) is 3.84. The van der Waals surface area contributed by atoms with Crippen LogP contribution in [0.5, 0.6) is 0 Å². The molecular formula is C23H30N4O2. The SMILES string of the molecule is C=Cn1c(/C=C\C)nc(C(=C)/C=C\C=C/C)c1CN1CCC2(CC1)CNC(=O)O2. The van der Waals surface area contributed by atoms with Crippen LogP contribution in [-0.2, 0) is 11.3 Å². The highest BCUT2D eigenvalue weighted by Gasteiger charge is 2.42. The number of imidazole rings is 1. The highest BCUT2D eigenvalue weighted by atomic mass is 16.6. The Kier molecular flexibility index (Phi) is 6.54. The molecule has 0 saturated carbocycles. The minimum Gasteiger partial charge on any atom is -0.441 e. The fraction of sp³-hybridized carbons (Fsp3) is 0.391. The van der Waals surface area contributed by atoms with Gasteiger partial charge in [-0.15, -0.1) is 0 Å². The van der Waals surface area contributed by atoms with E-state index in [0.29, 0.717) is 6.54 Å². The average Bonchev–Trinajstić information content (AvgIpc) is 3.24. The predicted octanol–water partition coefficient (Wildman–Crippen LogP) is 4.24. The Morgan fingerprint density at radius 1 is 1.28 bits per heavy atom. The topological polar surface area (TPSA) is 59.4 Å². The van der Waals surface area contributed by atoms with Gasteiger partial charge in [-0.1, -0.05) is 43.5 Å². The molecule has 154 valence electrons. The average molecular weight is 395 g/mol. The van der Waals surface area contributed by atoms with Gasteiger partial charge in [0.2, 0.25) is 0 Å². The van der Waals surface area contributed by atoms with E-state index in [2.05, 4.69) is 23.4 Å². The number of nitrogens with one attached hydrogen (secondary N) is 1. The number of ether oxygens (including phenoxy) is 1. The first kappa shape index (κ1) is 20.9. The van der Waals surface area contributed by atoms with Gasteiger partial charge < -0.3 is 14.6 Å². The molecular weight excluding hydrogens is 364 g/mol. The molecule has 6 heteroatoms. The molecule has 0 atom stereocenters. The normalized spacial score (nSPS) is 19.4. The van der Waals surface area contributed by atoms with E-state index in [1.807, 2.05) is 54.9 Å². The van der Waals surface area contributed by atoms with E-state index in [1.165, 1.54) is 0 Å². The van der Waals surface area contributed by atoms with Crippen LogP contribution in [0.25, 0.3) is 17.8 Å². The molecule has 1 spiro atoms. The quantitative estimate of drug-likeness (QED) is 0.703. The lowest BCUT2D eigenvalue weighted by Crippen LogP contribution is -2.46. The van der Waals surface area contributed by atoms with E-state index in [1.54, 1.807) is 6.20 Å². The van der Waals surface area contributed by atoms with Crippen LogP contribution in [0.15, 0.2) is 43.5 Å². The Bertz CT molecular complexity index is 868. The molecule has 6 nitrogen and oxygen atoms in total. The van der Waals surface area contributed by atoms with Crippen molar-refractivity contribution in [3.05, 3.63) is 60.8 Å². The number of nitrogens with zero attached hydrogens (tertiary/aromatic N) is 3. The van der Waals surface area contributed by atoms with E-state index in [-0.39, 0.29) is 11.7 Å². The number of alkyl carbamates (subject to hydrolysis) is 1. The maximum Gasteiger partial charge on any atom is 0.407 e. The lowest BCUT2D eigenvalue weighted by atomic mass is 9.91. The van der Waals surface area contributed by atoms with Gasteiger partial charge in [0, 0.05) is 38.7 Å². The summed E-state index contributed by atoms with van der Waals surface area (Å²) in [6, 6.07) is 0. The van der Waals surface area contributed by atoms with Crippen LogP contribution < -0.4 is 5.32 Å². The zero-order valence-electron chi connectivity index (χ0n) is 17.4. The van der Waals surface area contributed by atoms with Gasteiger partial charge in [0.1, 0.15) is 11.4 Å². The van der Waals surface area contributed by atoms with Crippen LogP contribution in [0, 0.1) is 0 Å². The number of aromatic nitrogens is 2. The second-order valence-electron chi connectivity index (χ2n) is 7.43. The minimum atomic E-state index is -0.343. The summed E-state index contributed by atoms with van der Waals surface area (Å²) in [5.41, 5.74) is 2.48. The molecule has 2 aliphatic rings. The third kappa shape index (κ3) is 4.59. The van der Waals surface area contributed by atoms with Crippen molar-refractivity contribution in [3.63, 3.8) is 0 Å². The van der Waals surface area contributed by atoms with Gasteiger partial charge in [0.05, 0.1) is 17.9 Å². The Morgan fingerprint density at radius 3 is 2.62 bits per heavy atom. The van der Waals surface area contributed by atoms with Gasteiger partial charge in [-0.3, -0.25) is 4.90 Å². The highest BCUT2D eigenvalue weighted by Crippen LogP contribution is 2.31. The van der Waals surface area contributed by atoms with Crippen LogP contribution in [-0.4, -0.2) is 45.8 Å². The number of amides is 1. The Hall–Kier alpha value is -2.86. The van der Waals surface area contributed by atoms with E-state index in [4.69, 9.17) is 9.72 Å². The molecule has 0 radical (unpaired) electrons. The van der Waals surface area contributed by atoms with Crippen LogP contribution in [0.4, 0.5) is 4.79 Å². The van der Waals surface area contributed by atoms with Crippen molar-refractivity contribution in [2.24, 2.45) is 0 Å². The zero-order chi connectivity index (χ0) is 20.9. The highest BCUT2D eigenvalue weighted by molar-refractivity contribution is 5.73. The molecule has 0 bridgehead atoms. The van der Waals surface area contributed by atoms with Crippen molar-refractivity contribution in [3.8, 4) is 0 Å². The summed E-state index contributed by atoms with van der Waals surface area (Å²) < 4.78 is 7.57.